The van der Waals surface area contributed by atoms with E-state index < -0.39 is 0 Å². The first kappa shape index (κ1) is 10.6. The van der Waals surface area contributed by atoms with Crippen molar-refractivity contribution in [3.05, 3.63) is 41.7 Å². The molecule has 0 spiro atoms. The summed E-state index contributed by atoms with van der Waals surface area (Å²) in [6, 6.07) is 8.36. The fourth-order valence-corrected chi connectivity index (χ4v) is 1.69. The number of aromatic nitrogens is 2. The molecule has 0 fully saturated rings. The Balaban J connectivity index is 2.54. The first-order chi connectivity index (χ1) is 7.72. The van der Waals surface area contributed by atoms with Gasteiger partial charge >= 0.3 is 0 Å². The molecule has 1 aromatic carbocycles. The van der Waals surface area contributed by atoms with E-state index in [0.717, 1.165) is 23.2 Å². The lowest BCUT2D eigenvalue weighted by atomic mass is 10.0. The van der Waals surface area contributed by atoms with E-state index in [9.17, 15) is 0 Å². The van der Waals surface area contributed by atoms with E-state index in [4.69, 9.17) is 5.73 Å². The summed E-state index contributed by atoms with van der Waals surface area (Å²) in [5.74, 6) is 0.548. The van der Waals surface area contributed by atoms with Crippen molar-refractivity contribution < 1.29 is 0 Å². The maximum atomic E-state index is 5.78. The quantitative estimate of drug-likeness (QED) is 0.834. The highest BCUT2D eigenvalue weighted by atomic mass is 14.9. The molecular formula is C13H15N3. The molecule has 0 bridgehead atoms. The largest absolute Gasteiger partial charge is 0.383 e. The van der Waals surface area contributed by atoms with Crippen LogP contribution < -0.4 is 5.73 Å². The van der Waals surface area contributed by atoms with Gasteiger partial charge in [-0.1, -0.05) is 25.1 Å². The zero-order valence-corrected chi connectivity index (χ0v) is 9.57. The average molecular weight is 213 g/mol. The highest BCUT2D eigenvalue weighted by Crippen LogP contribution is 2.23. The third-order valence-corrected chi connectivity index (χ3v) is 2.73. The van der Waals surface area contributed by atoms with Crippen LogP contribution in [0, 0.1) is 6.92 Å². The van der Waals surface area contributed by atoms with Crippen LogP contribution >= 0.6 is 0 Å². The number of nitrogen functional groups attached to an aromatic ring is 1. The van der Waals surface area contributed by atoms with Crippen LogP contribution in [0.3, 0.4) is 0 Å². The molecule has 3 heteroatoms. The minimum Gasteiger partial charge on any atom is -0.383 e. The smallest absolute Gasteiger partial charge is 0.130 e. The van der Waals surface area contributed by atoms with Gasteiger partial charge in [0.15, 0.2) is 0 Å². The Bertz CT molecular complexity index is 506. The summed E-state index contributed by atoms with van der Waals surface area (Å²) >= 11 is 0. The highest BCUT2D eigenvalue weighted by molar-refractivity contribution is 5.67. The summed E-state index contributed by atoms with van der Waals surface area (Å²) in [7, 11) is 0. The Morgan fingerprint density at radius 2 is 2.06 bits per heavy atom. The van der Waals surface area contributed by atoms with E-state index in [2.05, 4.69) is 29.0 Å². The summed E-state index contributed by atoms with van der Waals surface area (Å²) < 4.78 is 0. The topological polar surface area (TPSA) is 51.8 Å². The molecule has 2 N–H and O–H groups in total. The molecule has 82 valence electrons. The van der Waals surface area contributed by atoms with E-state index in [1.54, 1.807) is 0 Å². The third kappa shape index (κ3) is 1.89. The zero-order valence-electron chi connectivity index (χ0n) is 9.57. The van der Waals surface area contributed by atoms with Crippen molar-refractivity contribution in [2.75, 3.05) is 5.73 Å². The lowest BCUT2D eigenvalue weighted by molar-refractivity contribution is 1.12. The molecule has 0 atom stereocenters. The van der Waals surface area contributed by atoms with Gasteiger partial charge in [-0.2, -0.15) is 0 Å². The summed E-state index contributed by atoms with van der Waals surface area (Å²) in [4.78, 5) is 8.27. The fraction of sp³-hybridized carbons (Fsp3) is 0.231. The molecule has 1 heterocycles. The molecule has 0 saturated carbocycles. The minimum absolute atomic E-state index is 0.548. The van der Waals surface area contributed by atoms with E-state index in [1.165, 1.54) is 11.9 Å². The number of benzene rings is 1. The average Bonchev–Trinajstić information content (AvgIpc) is 2.33. The Labute approximate surface area is 95.4 Å². The second kappa shape index (κ2) is 4.31. The fourth-order valence-electron chi connectivity index (χ4n) is 1.69. The van der Waals surface area contributed by atoms with Gasteiger partial charge in [-0.05, 0) is 25.0 Å². The molecule has 2 aromatic rings. The number of nitrogens with zero attached hydrogens (tertiary/aromatic N) is 2. The SMILES string of the molecule is CCc1cccc(-c2ncnc(N)c2C)c1. The molecule has 3 nitrogen and oxygen atoms in total. The normalized spacial score (nSPS) is 10.4. The summed E-state index contributed by atoms with van der Waals surface area (Å²) in [5, 5.41) is 0. The maximum Gasteiger partial charge on any atom is 0.130 e. The number of aryl methyl sites for hydroxylation is 1. The van der Waals surface area contributed by atoms with Crippen molar-refractivity contribution in [1.29, 1.82) is 0 Å². The van der Waals surface area contributed by atoms with Gasteiger partial charge in [0.05, 0.1) is 5.69 Å². The van der Waals surface area contributed by atoms with Crippen LogP contribution in [-0.2, 0) is 6.42 Å². The van der Waals surface area contributed by atoms with Crippen molar-refractivity contribution in [2.45, 2.75) is 20.3 Å². The lowest BCUT2D eigenvalue weighted by Gasteiger charge is -2.07. The standard InChI is InChI=1S/C13H15N3/c1-3-10-5-4-6-11(7-10)12-9(2)13(14)16-8-15-12/h4-8H,3H2,1-2H3,(H2,14,15,16). The summed E-state index contributed by atoms with van der Waals surface area (Å²) in [6.07, 6.45) is 2.53. The molecular weight excluding hydrogens is 198 g/mol. The molecule has 0 aliphatic rings. The molecule has 0 amide bonds. The lowest BCUT2D eigenvalue weighted by Crippen LogP contribution is -1.98. The van der Waals surface area contributed by atoms with Crippen LogP contribution in [0.4, 0.5) is 5.82 Å². The Hall–Kier alpha value is -1.90. The van der Waals surface area contributed by atoms with E-state index in [1.807, 2.05) is 19.1 Å². The van der Waals surface area contributed by atoms with Crippen LogP contribution in [0.5, 0.6) is 0 Å². The Morgan fingerprint density at radius 3 is 2.81 bits per heavy atom. The third-order valence-electron chi connectivity index (χ3n) is 2.73. The molecule has 0 aliphatic heterocycles. The monoisotopic (exact) mass is 213 g/mol. The number of nitrogens with two attached hydrogens (primary N) is 1. The summed E-state index contributed by atoms with van der Waals surface area (Å²) in [5.41, 5.74) is 10.0. The van der Waals surface area contributed by atoms with Crippen LogP contribution in [0.2, 0.25) is 0 Å². The predicted molar refractivity (Wildman–Crippen MR) is 66.0 cm³/mol. The van der Waals surface area contributed by atoms with Gasteiger partial charge in [-0.3, -0.25) is 0 Å². The molecule has 2 rings (SSSR count). The highest BCUT2D eigenvalue weighted by Gasteiger charge is 2.06. The molecule has 16 heavy (non-hydrogen) atoms. The molecule has 0 aliphatic carbocycles. The van der Waals surface area contributed by atoms with Crippen molar-refractivity contribution in [3.8, 4) is 11.3 Å². The van der Waals surface area contributed by atoms with Crippen LogP contribution in [0.1, 0.15) is 18.1 Å². The van der Waals surface area contributed by atoms with Gasteiger partial charge in [0.2, 0.25) is 0 Å². The van der Waals surface area contributed by atoms with Gasteiger partial charge in [0.1, 0.15) is 12.1 Å². The Morgan fingerprint density at radius 1 is 1.25 bits per heavy atom. The Kier molecular flexibility index (Phi) is 2.86. The second-order valence-electron chi connectivity index (χ2n) is 3.79. The van der Waals surface area contributed by atoms with Crippen molar-refractivity contribution in [2.24, 2.45) is 0 Å². The van der Waals surface area contributed by atoms with Crippen LogP contribution in [-0.4, -0.2) is 9.97 Å². The van der Waals surface area contributed by atoms with Gasteiger partial charge in [0.25, 0.3) is 0 Å². The minimum atomic E-state index is 0.548. The second-order valence-corrected chi connectivity index (χ2v) is 3.79. The van der Waals surface area contributed by atoms with Crippen LogP contribution in [0.15, 0.2) is 30.6 Å². The zero-order chi connectivity index (χ0) is 11.5. The molecule has 0 saturated heterocycles. The van der Waals surface area contributed by atoms with Gasteiger partial charge in [-0.25, -0.2) is 9.97 Å². The predicted octanol–water partition coefficient (Wildman–Crippen LogP) is 2.60. The number of hydrogen-bond donors (Lipinski definition) is 1. The maximum absolute atomic E-state index is 5.78. The number of rotatable bonds is 2. The van der Waals surface area contributed by atoms with Gasteiger partial charge in [0, 0.05) is 11.1 Å². The van der Waals surface area contributed by atoms with Gasteiger partial charge in [-0.15, -0.1) is 0 Å². The van der Waals surface area contributed by atoms with Crippen molar-refractivity contribution in [3.63, 3.8) is 0 Å². The molecule has 1 aromatic heterocycles. The van der Waals surface area contributed by atoms with E-state index >= 15 is 0 Å². The van der Waals surface area contributed by atoms with Crippen molar-refractivity contribution >= 4 is 5.82 Å². The first-order valence-electron chi connectivity index (χ1n) is 5.38. The summed E-state index contributed by atoms with van der Waals surface area (Å²) in [6.45, 7) is 4.09. The molecule has 0 unspecified atom stereocenters. The van der Waals surface area contributed by atoms with Gasteiger partial charge < -0.3 is 5.73 Å². The number of hydrogen-bond acceptors (Lipinski definition) is 3. The van der Waals surface area contributed by atoms with Crippen molar-refractivity contribution in [1.82, 2.24) is 9.97 Å². The first-order valence-corrected chi connectivity index (χ1v) is 5.38. The number of anilines is 1. The molecule has 0 radical (unpaired) electrons. The van der Waals surface area contributed by atoms with E-state index in [-0.39, 0.29) is 0 Å². The van der Waals surface area contributed by atoms with E-state index in [0.29, 0.717) is 5.82 Å². The van der Waals surface area contributed by atoms with Crippen LogP contribution in [0.25, 0.3) is 11.3 Å².